The standard InChI is InChI=1S/C15H9B2F7/c1-4-9(18)5-6(11(20)10(4)19)17(3)8-7(16(5)2)12(21)14(23)15(24)13(8)22/h1-3H3. The van der Waals surface area contributed by atoms with Gasteiger partial charge >= 0.3 is 0 Å². The fourth-order valence-corrected chi connectivity index (χ4v) is 3.47. The summed E-state index contributed by atoms with van der Waals surface area (Å²) in [6, 6.07) is 0. The number of rotatable bonds is 0. The van der Waals surface area contributed by atoms with E-state index >= 15 is 0 Å². The van der Waals surface area contributed by atoms with Crippen LogP contribution in [0.15, 0.2) is 0 Å². The Morgan fingerprint density at radius 1 is 0.458 bits per heavy atom. The summed E-state index contributed by atoms with van der Waals surface area (Å²) in [7, 11) is 0. The lowest BCUT2D eigenvalue weighted by molar-refractivity contribution is 0.415. The lowest BCUT2D eigenvalue weighted by Crippen LogP contribution is -2.71. The van der Waals surface area contributed by atoms with E-state index in [1.807, 2.05) is 0 Å². The zero-order valence-electron chi connectivity index (χ0n) is 12.8. The molecular weight excluding hydrogens is 335 g/mol. The van der Waals surface area contributed by atoms with E-state index in [1.165, 1.54) is 6.82 Å². The monoisotopic (exact) mass is 344 g/mol. The van der Waals surface area contributed by atoms with E-state index in [0.717, 1.165) is 13.7 Å². The minimum atomic E-state index is -2.04. The van der Waals surface area contributed by atoms with E-state index in [9.17, 15) is 30.7 Å². The molecule has 0 bridgehead atoms. The van der Waals surface area contributed by atoms with Crippen LogP contribution in [-0.4, -0.2) is 13.4 Å². The van der Waals surface area contributed by atoms with Crippen molar-refractivity contribution in [2.24, 2.45) is 0 Å². The molecule has 0 aromatic heterocycles. The van der Waals surface area contributed by atoms with E-state index < -0.39 is 76.1 Å². The van der Waals surface area contributed by atoms with Crippen molar-refractivity contribution in [1.29, 1.82) is 0 Å². The van der Waals surface area contributed by atoms with Gasteiger partial charge < -0.3 is 0 Å². The van der Waals surface area contributed by atoms with E-state index in [2.05, 4.69) is 0 Å². The lowest BCUT2D eigenvalue weighted by atomic mass is 9.25. The summed E-state index contributed by atoms with van der Waals surface area (Å²) in [6.45, 7) is 0.651. The van der Waals surface area contributed by atoms with Crippen molar-refractivity contribution in [1.82, 2.24) is 0 Å². The smallest absolute Gasteiger partial charge is 0.207 e. The summed E-state index contributed by atoms with van der Waals surface area (Å²) < 4.78 is 98.1. The highest BCUT2D eigenvalue weighted by molar-refractivity contribution is 7.02. The zero-order chi connectivity index (χ0) is 18.1. The third-order valence-corrected chi connectivity index (χ3v) is 4.69. The van der Waals surface area contributed by atoms with Gasteiger partial charge in [0.1, 0.15) is 5.82 Å². The number of hydrogen-bond donors (Lipinski definition) is 0. The molecule has 2 aromatic rings. The maximum atomic E-state index is 14.5. The van der Waals surface area contributed by atoms with Crippen molar-refractivity contribution >= 4 is 35.3 Å². The van der Waals surface area contributed by atoms with Crippen molar-refractivity contribution in [3.8, 4) is 0 Å². The third kappa shape index (κ3) is 1.90. The van der Waals surface area contributed by atoms with Crippen LogP contribution in [0.25, 0.3) is 0 Å². The van der Waals surface area contributed by atoms with Crippen LogP contribution in [0.5, 0.6) is 0 Å². The molecule has 0 atom stereocenters. The molecule has 9 heteroatoms. The number of fused-ring (bicyclic) bond motifs is 2. The summed E-state index contributed by atoms with van der Waals surface area (Å²) in [5, 5.41) is 0. The predicted molar refractivity (Wildman–Crippen MR) is 79.1 cm³/mol. The van der Waals surface area contributed by atoms with Gasteiger partial charge in [0.25, 0.3) is 0 Å². The highest BCUT2D eigenvalue weighted by Gasteiger charge is 2.43. The maximum absolute atomic E-state index is 14.5. The van der Waals surface area contributed by atoms with Gasteiger partial charge in [0, 0.05) is 5.56 Å². The summed E-state index contributed by atoms with van der Waals surface area (Å²) in [5.74, 6) is -11.4. The van der Waals surface area contributed by atoms with Gasteiger partial charge in [-0.05, 0) is 28.8 Å². The summed E-state index contributed by atoms with van der Waals surface area (Å²) in [4.78, 5) is 0. The van der Waals surface area contributed by atoms with E-state index in [1.54, 1.807) is 0 Å². The van der Waals surface area contributed by atoms with Crippen molar-refractivity contribution in [3.63, 3.8) is 0 Å². The molecule has 0 N–H and O–H groups in total. The maximum Gasteiger partial charge on any atom is 0.213 e. The Morgan fingerprint density at radius 2 is 0.750 bits per heavy atom. The SMILES string of the molecule is CB1c2c(F)c(C)c(F)c(F)c2B(C)c2c(F)c(F)c(F)c(F)c21. The normalized spacial score (nSPS) is 13.2. The Morgan fingerprint density at radius 3 is 1.12 bits per heavy atom. The van der Waals surface area contributed by atoms with Crippen LogP contribution in [0.1, 0.15) is 5.56 Å². The van der Waals surface area contributed by atoms with Crippen LogP contribution in [-0.2, 0) is 0 Å². The minimum Gasteiger partial charge on any atom is -0.207 e. The first kappa shape index (κ1) is 16.9. The van der Waals surface area contributed by atoms with Crippen molar-refractivity contribution in [3.05, 3.63) is 46.3 Å². The summed E-state index contributed by atoms with van der Waals surface area (Å²) in [5.41, 5.74) is -2.73. The second kappa shape index (κ2) is 5.29. The molecule has 0 radical (unpaired) electrons. The van der Waals surface area contributed by atoms with Crippen molar-refractivity contribution in [2.75, 3.05) is 0 Å². The molecule has 0 fully saturated rings. The van der Waals surface area contributed by atoms with Gasteiger partial charge in [-0.15, -0.1) is 0 Å². The fourth-order valence-electron chi connectivity index (χ4n) is 3.47. The predicted octanol–water partition coefficient (Wildman–Crippen LogP) is 1.76. The van der Waals surface area contributed by atoms with Gasteiger partial charge in [-0.3, -0.25) is 0 Å². The Bertz CT molecular complexity index is 751. The molecule has 0 saturated heterocycles. The average Bonchev–Trinajstić information content (AvgIpc) is 2.55. The highest BCUT2D eigenvalue weighted by atomic mass is 19.2. The largest absolute Gasteiger partial charge is 0.213 e. The molecule has 0 saturated carbocycles. The fraction of sp³-hybridized carbons (Fsp3) is 0.200. The molecule has 1 aliphatic heterocycles. The van der Waals surface area contributed by atoms with E-state index in [0.29, 0.717) is 0 Å². The third-order valence-electron chi connectivity index (χ3n) is 4.69. The molecule has 0 nitrogen and oxygen atoms in total. The second-order valence-corrected chi connectivity index (χ2v) is 5.92. The number of hydrogen-bond acceptors (Lipinski definition) is 0. The first-order valence-electron chi connectivity index (χ1n) is 7.13. The Labute approximate surface area is 133 Å². The molecule has 0 unspecified atom stereocenters. The molecule has 0 spiro atoms. The van der Waals surface area contributed by atoms with Gasteiger partial charge in [-0.1, -0.05) is 13.6 Å². The molecule has 0 aliphatic carbocycles. The van der Waals surface area contributed by atoms with Gasteiger partial charge in [0.15, 0.2) is 34.9 Å². The van der Waals surface area contributed by atoms with E-state index in [4.69, 9.17) is 0 Å². The van der Waals surface area contributed by atoms with E-state index in [-0.39, 0.29) is 5.46 Å². The van der Waals surface area contributed by atoms with Crippen LogP contribution in [0.4, 0.5) is 30.7 Å². The van der Waals surface area contributed by atoms with Crippen molar-refractivity contribution < 1.29 is 30.7 Å². The highest BCUT2D eigenvalue weighted by Crippen LogP contribution is 2.19. The zero-order valence-corrected chi connectivity index (χ0v) is 12.8. The Balaban J connectivity index is 2.48. The van der Waals surface area contributed by atoms with Crippen LogP contribution in [0.3, 0.4) is 0 Å². The van der Waals surface area contributed by atoms with Crippen LogP contribution < -0.4 is 21.9 Å². The Kier molecular flexibility index (Phi) is 3.73. The molecule has 124 valence electrons. The summed E-state index contributed by atoms with van der Waals surface area (Å²) >= 11 is 0. The Hall–Kier alpha value is -1.92. The van der Waals surface area contributed by atoms with Gasteiger partial charge in [-0.2, -0.15) is 0 Å². The second-order valence-electron chi connectivity index (χ2n) is 5.92. The lowest BCUT2D eigenvalue weighted by Gasteiger charge is -2.30. The first-order chi connectivity index (χ1) is 11.1. The minimum absolute atomic E-state index is 0.379. The molecule has 3 rings (SSSR count). The van der Waals surface area contributed by atoms with Crippen LogP contribution in [0.2, 0.25) is 13.6 Å². The molecule has 1 heterocycles. The average molecular weight is 344 g/mol. The van der Waals surface area contributed by atoms with Crippen LogP contribution in [0, 0.1) is 47.6 Å². The van der Waals surface area contributed by atoms with Gasteiger partial charge in [-0.25, -0.2) is 30.7 Å². The molecule has 0 amide bonds. The van der Waals surface area contributed by atoms with Crippen molar-refractivity contribution in [2.45, 2.75) is 20.6 Å². The summed E-state index contributed by atoms with van der Waals surface area (Å²) in [6.07, 6.45) is 0. The van der Waals surface area contributed by atoms with Crippen LogP contribution >= 0.6 is 0 Å². The molecular formula is C15H9B2F7. The van der Waals surface area contributed by atoms with Gasteiger partial charge in [0.2, 0.25) is 13.4 Å². The topological polar surface area (TPSA) is 0 Å². The number of benzene rings is 2. The number of halogens is 7. The molecule has 24 heavy (non-hydrogen) atoms. The first-order valence-corrected chi connectivity index (χ1v) is 7.13. The quantitative estimate of drug-likeness (QED) is 0.296. The van der Waals surface area contributed by atoms with Gasteiger partial charge in [0.05, 0.1) is 0 Å². The molecule has 2 aromatic carbocycles. The molecule has 1 aliphatic rings.